The molecule has 60 heavy (non-hydrogen) atoms. The van der Waals surface area contributed by atoms with Crippen molar-refractivity contribution in [2.75, 3.05) is 22.2 Å². The average molecular weight is 773 g/mol. The number of aromatic nitrogens is 1. The highest BCUT2D eigenvalue weighted by Gasteiger charge is 2.17. The largest absolute Gasteiger partial charge is 0.388 e. The number of anilines is 7. The second-order valence-corrected chi connectivity index (χ2v) is 15.1. The fraction of sp³-hybridized carbons (Fsp3) is 0.0357. The lowest BCUT2D eigenvalue weighted by molar-refractivity contribution is 1.01. The van der Waals surface area contributed by atoms with Gasteiger partial charge in [0.2, 0.25) is 0 Å². The van der Waals surface area contributed by atoms with Gasteiger partial charge in [0.1, 0.15) is 0 Å². The van der Waals surface area contributed by atoms with Crippen molar-refractivity contribution >= 4 is 61.6 Å². The van der Waals surface area contributed by atoms with Crippen LogP contribution in [0.5, 0.6) is 0 Å². The van der Waals surface area contributed by atoms with Crippen LogP contribution in [0.4, 0.5) is 39.8 Å². The number of aryl methyl sites for hydroxylation is 1. The monoisotopic (exact) mass is 772 g/mol. The van der Waals surface area contributed by atoms with Gasteiger partial charge in [-0.25, -0.2) is 0 Å². The van der Waals surface area contributed by atoms with Gasteiger partial charge in [-0.2, -0.15) is 0 Å². The summed E-state index contributed by atoms with van der Waals surface area (Å²) in [6.45, 7) is 0. The first-order chi connectivity index (χ1) is 29.6. The highest BCUT2D eigenvalue weighted by Crippen LogP contribution is 2.40. The van der Waals surface area contributed by atoms with Gasteiger partial charge in [-0.3, -0.25) is 0 Å². The van der Waals surface area contributed by atoms with Crippen molar-refractivity contribution in [1.29, 1.82) is 0 Å². The van der Waals surface area contributed by atoms with E-state index in [9.17, 15) is 0 Å². The summed E-state index contributed by atoms with van der Waals surface area (Å²) in [6.07, 6.45) is 0. The Labute approximate surface area is 351 Å². The first-order valence-corrected chi connectivity index (χ1v) is 20.5. The van der Waals surface area contributed by atoms with E-state index in [-0.39, 0.29) is 0 Å². The van der Waals surface area contributed by atoms with Crippen LogP contribution in [-0.2, 0) is 7.05 Å². The van der Waals surface area contributed by atoms with E-state index < -0.39 is 0 Å². The second kappa shape index (κ2) is 15.8. The van der Waals surface area contributed by atoms with Crippen molar-refractivity contribution < 1.29 is 0 Å². The van der Waals surface area contributed by atoms with Gasteiger partial charge in [-0.15, -0.1) is 0 Å². The van der Waals surface area contributed by atoms with Crippen LogP contribution in [0, 0.1) is 0 Å². The summed E-state index contributed by atoms with van der Waals surface area (Å²) < 4.78 is 2.30. The molecule has 1 aromatic heterocycles. The lowest BCUT2D eigenvalue weighted by Crippen LogP contribution is -2.09. The zero-order valence-electron chi connectivity index (χ0n) is 33.7. The lowest BCUT2D eigenvalue weighted by Gasteiger charge is -2.26. The van der Waals surface area contributed by atoms with E-state index in [0.717, 1.165) is 39.8 Å². The van der Waals surface area contributed by atoms with Crippen molar-refractivity contribution in [2.45, 2.75) is 0 Å². The third-order valence-corrected chi connectivity index (χ3v) is 11.6. The van der Waals surface area contributed by atoms with Gasteiger partial charge in [-0.05, 0) is 119 Å². The minimum atomic E-state index is 1.10. The van der Waals surface area contributed by atoms with Crippen LogP contribution < -0.4 is 15.1 Å². The smallest absolute Gasteiger partial charge is 0.0509 e. The third-order valence-electron chi connectivity index (χ3n) is 11.6. The van der Waals surface area contributed by atoms with Crippen molar-refractivity contribution in [3.63, 3.8) is 0 Å². The first kappa shape index (κ1) is 36.5. The molecule has 10 aromatic rings. The number of fused-ring (bicyclic) bond motifs is 3. The summed E-state index contributed by atoms with van der Waals surface area (Å²) in [6, 6.07) is 80.6. The molecule has 0 saturated carbocycles. The van der Waals surface area contributed by atoms with E-state index in [1.165, 1.54) is 55.2 Å². The molecule has 0 atom stereocenters. The summed E-state index contributed by atoms with van der Waals surface area (Å²) in [5.41, 5.74) is 17.3. The molecule has 0 radical (unpaired) electrons. The quantitative estimate of drug-likeness (QED) is 0.150. The molecule has 0 aliphatic carbocycles. The fourth-order valence-corrected chi connectivity index (χ4v) is 8.56. The van der Waals surface area contributed by atoms with Crippen LogP contribution in [-0.4, -0.2) is 11.6 Å². The number of nitrogens with zero attached hydrogens (tertiary/aromatic N) is 3. The van der Waals surface area contributed by atoms with Crippen LogP contribution in [0.15, 0.2) is 224 Å². The van der Waals surface area contributed by atoms with E-state index in [4.69, 9.17) is 0 Å². The summed E-state index contributed by atoms with van der Waals surface area (Å²) in [5.74, 6) is 0. The van der Waals surface area contributed by atoms with Gasteiger partial charge in [0.05, 0.1) is 5.52 Å². The van der Waals surface area contributed by atoms with Gasteiger partial charge < -0.3 is 19.7 Å². The normalized spacial score (nSPS) is 11.2. The molecular weight excluding hydrogens is 729 g/mol. The molecule has 0 amide bonds. The maximum absolute atomic E-state index is 3.33. The molecule has 0 fully saturated rings. The zero-order valence-corrected chi connectivity index (χ0v) is 33.7. The Morgan fingerprint density at radius 1 is 0.333 bits per heavy atom. The van der Waals surface area contributed by atoms with Crippen molar-refractivity contribution in [3.8, 4) is 33.4 Å². The Balaban J connectivity index is 0.939. The highest BCUT2D eigenvalue weighted by molar-refractivity contribution is 6.09. The van der Waals surface area contributed by atoms with E-state index in [2.05, 4.69) is 251 Å². The molecular formula is C56H44N4. The number of nitrogens with one attached hydrogen (secondary N) is 1. The average Bonchev–Trinajstić information content (AvgIpc) is 3.61. The summed E-state index contributed by atoms with van der Waals surface area (Å²) >= 11 is 0. The van der Waals surface area contributed by atoms with E-state index >= 15 is 0 Å². The molecule has 0 bridgehead atoms. The Hall–Kier alpha value is -7.82. The van der Waals surface area contributed by atoms with Crippen LogP contribution >= 0.6 is 0 Å². The number of hydrogen-bond donors (Lipinski definition) is 1. The number of hydrogen-bond acceptors (Lipinski definition) is 3. The van der Waals surface area contributed by atoms with Gasteiger partial charge >= 0.3 is 0 Å². The molecule has 288 valence electrons. The Morgan fingerprint density at radius 3 is 1.37 bits per heavy atom. The molecule has 0 aliphatic heterocycles. The van der Waals surface area contributed by atoms with E-state index in [1.54, 1.807) is 0 Å². The number of rotatable bonds is 10. The van der Waals surface area contributed by atoms with Gasteiger partial charge in [-0.1, -0.05) is 133 Å². The zero-order chi connectivity index (χ0) is 40.4. The number of para-hydroxylation sites is 4. The van der Waals surface area contributed by atoms with Crippen LogP contribution in [0.2, 0.25) is 0 Å². The molecule has 0 unspecified atom stereocenters. The molecule has 0 saturated heterocycles. The first-order valence-electron chi connectivity index (χ1n) is 20.5. The van der Waals surface area contributed by atoms with Gasteiger partial charge in [0, 0.05) is 75.8 Å². The molecule has 10 rings (SSSR count). The Morgan fingerprint density at radius 2 is 0.783 bits per heavy atom. The summed E-state index contributed by atoms with van der Waals surface area (Å²) in [7, 11) is 4.13. The Bertz CT molecular complexity index is 3060. The SMILES string of the molecule is CNc1ccccc1-c1ccc(N(c2ccccc2)c2ccc(-c3cccc(-c4ccc(N(c5ccccc5)c5ccc6c7ccccc7n(C)c6c5)cc4)c3)cc2)cc1. The lowest BCUT2D eigenvalue weighted by atomic mass is 9.98. The van der Waals surface area contributed by atoms with E-state index in [0.29, 0.717) is 0 Å². The second-order valence-electron chi connectivity index (χ2n) is 15.1. The van der Waals surface area contributed by atoms with E-state index in [1.807, 2.05) is 7.05 Å². The van der Waals surface area contributed by atoms with Crippen molar-refractivity contribution in [1.82, 2.24) is 4.57 Å². The van der Waals surface area contributed by atoms with Gasteiger partial charge in [0.25, 0.3) is 0 Å². The fourth-order valence-electron chi connectivity index (χ4n) is 8.56. The maximum Gasteiger partial charge on any atom is 0.0509 e. The molecule has 4 heteroatoms. The number of benzene rings is 9. The van der Waals surface area contributed by atoms with Crippen molar-refractivity contribution in [3.05, 3.63) is 224 Å². The summed E-state index contributed by atoms with van der Waals surface area (Å²) in [4.78, 5) is 4.66. The van der Waals surface area contributed by atoms with Crippen LogP contribution in [0.25, 0.3) is 55.2 Å². The predicted octanol–water partition coefficient (Wildman–Crippen LogP) is 15.3. The van der Waals surface area contributed by atoms with Crippen molar-refractivity contribution in [2.24, 2.45) is 7.05 Å². The van der Waals surface area contributed by atoms with Gasteiger partial charge in [0.15, 0.2) is 0 Å². The maximum atomic E-state index is 3.33. The topological polar surface area (TPSA) is 23.4 Å². The van der Waals surface area contributed by atoms with Crippen LogP contribution in [0.1, 0.15) is 0 Å². The molecule has 9 aromatic carbocycles. The predicted molar refractivity (Wildman–Crippen MR) is 256 cm³/mol. The Kier molecular flexibility index (Phi) is 9.64. The molecule has 0 aliphatic rings. The highest BCUT2D eigenvalue weighted by atomic mass is 15.1. The van der Waals surface area contributed by atoms with Crippen LogP contribution in [0.3, 0.4) is 0 Å². The summed E-state index contributed by atoms with van der Waals surface area (Å²) in [5, 5.41) is 5.87. The molecule has 0 spiro atoms. The minimum absolute atomic E-state index is 1.10. The molecule has 4 nitrogen and oxygen atoms in total. The molecule has 1 N–H and O–H groups in total. The molecule has 1 heterocycles. The third kappa shape index (κ3) is 6.84. The minimum Gasteiger partial charge on any atom is -0.388 e. The standard InChI is InChI=1S/C56H44N4/c1-57-54-22-11-9-20-51(54)42-28-34-48(35-29-42)59(45-16-5-3-6-17-45)47-30-24-40(25-31-47)43-14-13-15-44(38-43)41-26-32-49(33-27-41)60(46-18-7-4-8-19-46)50-36-37-53-52-21-10-12-23-55(52)58(2)56(53)39-50/h3-39,57H,1-2H3.